The van der Waals surface area contributed by atoms with Crippen LogP contribution in [0.15, 0.2) is 53.7 Å². The molecule has 3 aromatic rings. The van der Waals surface area contributed by atoms with Crippen LogP contribution in [-0.4, -0.2) is 41.1 Å². The van der Waals surface area contributed by atoms with Crippen LogP contribution in [0.25, 0.3) is 5.69 Å². The fourth-order valence-electron chi connectivity index (χ4n) is 2.55. The molecule has 0 aliphatic rings. The van der Waals surface area contributed by atoms with Crippen LogP contribution >= 0.6 is 11.8 Å². The lowest BCUT2D eigenvalue weighted by Gasteiger charge is -2.11. The molecule has 0 atom stereocenters. The molecule has 2 N–H and O–H groups in total. The monoisotopic (exact) mass is 449 g/mol. The summed E-state index contributed by atoms with van der Waals surface area (Å²) in [4.78, 5) is 12.3. The Morgan fingerprint density at radius 1 is 1.17 bits per heavy atom. The molecule has 3 rings (SSSR count). The number of nitrogens with zero attached hydrogens (tertiary/aromatic N) is 3. The first-order valence-corrected chi connectivity index (χ1v) is 11.7. The number of aryl methyl sites for hydroxylation is 1. The average molecular weight is 450 g/mol. The van der Waals surface area contributed by atoms with Crippen LogP contribution in [-0.2, 0) is 21.4 Å². The third kappa shape index (κ3) is 6.12. The Labute approximate surface area is 178 Å². The van der Waals surface area contributed by atoms with Gasteiger partial charge in [0, 0.05) is 11.4 Å². The number of carbonyl (C=O) groups is 1. The molecule has 1 aromatic heterocycles. The molecule has 1 amide bonds. The number of rotatable bonds is 8. The van der Waals surface area contributed by atoms with Crippen molar-refractivity contribution in [3.05, 3.63) is 65.7 Å². The summed E-state index contributed by atoms with van der Waals surface area (Å²) in [5.41, 5.74) is 2.16. The minimum Gasteiger partial charge on any atom is -0.325 e. The van der Waals surface area contributed by atoms with Crippen molar-refractivity contribution in [1.29, 1.82) is 0 Å². The van der Waals surface area contributed by atoms with Crippen LogP contribution in [0.5, 0.6) is 0 Å². The lowest BCUT2D eigenvalue weighted by Crippen LogP contribution is -2.23. The molecule has 0 saturated heterocycles. The number of halogens is 1. The van der Waals surface area contributed by atoms with Crippen molar-refractivity contribution < 1.29 is 17.6 Å². The molecule has 0 aliphatic carbocycles. The van der Waals surface area contributed by atoms with E-state index < -0.39 is 15.8 Å². The first-order valence-electron chi connectivity index (χ1n) is 8.85. The first-order chi connectivity index (χ1) is 14.2. The molecule has 8 nitrogen and oxygen atoms in total. The number of aromatic nitrogens is 3. The van der Waals surface area contributed by atoms with Gasteiger partial charge in [0.05, 0.1) is 18.6 Å². The smallest absolute Gasteiger partial charge is 0.234 e. The van der Waals surface area contributed by atoms with E-state index in [2.05, 4.69) is 20.2 Å². The van der Waals surface area contributed by atoms with Gasteiger partial charge in [-0.1, -0.05) is 35.5 Å². The molecule has 0 saturated carbocycles. The quantitative estimate of drug-likeness (QED) is 0.512. The van der Waals surface area contributed by atoms with Gasteiger partial charge in [-0.05, 0) is 37.3 Å². The molecule has 0 aliphatic heterocycles. The van der Waals surface area contributed by atoms with Gasteiger partial charge in [-0.2, -0.15) is 0 Å². The van der Waals surface area contributed by atoms with Crippen molar-refractivity contribution >= 4 is 33.4 Å². The molecule has 0 unspecified atom stereocenters. The SMILES string of the molecule is Cc1ccc(-n2c(CNS(C)(=O)=O)nnc2SCC(=O)Nc2cccc(F)c2)cc1. The van der Waals surface area contributed by atoms with Gasteiger partial charge in [-0.15, -0.1) is 10.2 Å². The van der Waals surface area contributed by atoms with E-state index in [4.69, 9.17) is 0 Å². The van der Waals surface area contributed by atoms with Crippen LogP contribution < -0.4 is 10.0 Å². The summed E-state index contributed by atoms with van der Waals surface area (Å²) in [7, 11) is -3.42. The summed E-state index contributed by atoms with van der Waals surface area (Å²) in [6, 6.07) is 13.2. The Balaban J connectivity index is 1.78. The Morgan fingerprint density at radius 3 is 2.57 bits per heavy atom. The second kappa shape index (κ2) is 9.37. The van der Waals surface area contributed by atoms with Crippen molar-refractivity contribution in [2.75, 3.05) is 17.3 Å². The molecule has 0 spiro atoms. The normalized spacial score (nSPS) is 11.4. The maximum atomic E-state index is 13.3. The highest BCUT2D eigenvalue weighted by atomic mass is 32.2. The maximum absolute atomic E-state index is 13.3. The molecule has 158 valence electrons. The van der Waals surface area contributed by atoms with Crippen LogP contribution in [0.2, 0.25) is 0 Å². The predicted molar refractivity (Wildman–Crippen MR) is 114 cm³/mol. The van der Waals surface area contributed by atoms with Crippen LogP contribution in [0.4, 0.5) is 10.1 Å². The summed E-state index contributed by atoms with van der Waals surface area (Å²) in [5.74, 6) is -0.375. The van der Waals surface area contributed by atoms with Gasteiger partial charge in [-0.3, -0.25) is 9.36 Å². The van der Waals surface area contributed by atoms with E-state index in [-0.39, 0.29) is 18.2 Å². The fraction of sp³-hybridized carbons (Fsp3) is 0.211. The number of amides is 1. The lowest BCUT2D eigenvalue weighted by atomic mass is 10.2. The number of benzene rings is 2. The second-order valence-corrected chi connectivity index (χ2v) is 9.29. The molecule has 0 bridgehead atoms. The van der Waals surface area contributed by atoms with Crippen molar-refractivity contribution in [3.63, 3.8) is 0 Å². The Hall–Kier alpha value is -2.76. The summed E-state index contributed by atoms with van der Waals surface area (Å²) < 4.78 is 40.3. The fourth-order valence-corrected chi connectivity index (χ4v) is 3.71. The van der Waals surface area contributed by atoms with E-state index in [1.165, 1.54) is 18.2 Å². The van der Waals surface area contributed by atoms with Crippen LogP contribution in [0.3, 0.4) is 0 Å². The molecule has 2 aromatic carbocycles. The molecule has 30 heavy (non-hydrogen) atoms. The lowest BCUT2D eigenvalue weighted by molar-refractivity contribution is -0.113. The number of thioether (sulfide) groups is 1. The van der Waals surface area contributed by atoms with Gasteiger partial charge in [0.2, 0.25) is 15.9 Å². The third-order valence-corrected chi connectivity index (χ3v) is 5.52. The van der Waals surface area contributed by atoms with Crippen molar-refractivity contribution in [2.45, 2.75) is 18.6 Å². The summed E-state index contributed by atoms with van der Waals surface area (Å²) in [6.45, 7) is 1.91. The van der Waals surface area contributed by atoms with Crippen molar-refractivity contribution in [2.24, 2.45) is 0 Å². The number of carbonyl (C=O) groups excluding carboxylic acids is 1. The van der Waals surface area contributed by atoms with Gasteiger partial charge in [0.15, 0.2) is 11.0 Å². The number of anilines is 1. The molecular formula is C19H20FN5O3S2. The molecular weight excluding hydrogens is 429 g/mol. The first kappa shape index (κ1) is 21.9. The highest BCUT2D eigenvalue weighted by Gasteiger charge is 2.17. The zero-order chi connectivity index (χ0) is 21.7. The van der Waals surface area contributed by atoms with E-state index in [1.54, 1.807) is 10.6 Å². The maximum Gasteiger partial charge on any atom is 0.234 e. The summed E-state index contributed by atoms with van der Waals surface area (Å²) in [6.07, 6.45) is 1.06. The van der Waals surface area contributed by atoms with Gasteiger partial charge in [0.1, 0.15) is 5.82 Å². The predicted octanol–water partition coefficient (Wildman–Crippen LogP) is 2.49. The Morgan fingerprint density at radius 2 is 1.90 bits per heavy atom. The van der Waals surface area contributed by atoms with Crippen LogP contribution in [0, 0.1) is 12.7 Å². The Kier molecular flexibility index (Phi) is 6.85. The number of hydrogen-bond acceptors (Lipinski definition) is 6. The highest BCUT2D eigenvalue weighted by Crippen LogP contribution is 2.23. The molecule has 0 fully saturated rings. The number of sulfonamides is 1. The van der Waals surface area contributed by atoms with Crippen molar-refractivity contribution in [3.8, 4) is 5.69 Å². The topological polar surface area (TPSA) is 106 Å². The van der Waals surface area contributed by atoms with E-state index in [1.807, 2.05) is 31.2 Å². The van der Waals surface area contributed by atoms with Gasteiger partial charge in [-0.25, -0.2) is 17.5 Å². The zero-order valence-corrected chi connectivity index (χ0v) is 17.9. The third-order valence-electron chi connectivity index (χ3n) is 3.93. The van der Waals surface area contributed by atoms with E-state index in [0.29, 0.717) is 16.7 Å². The van der Waals surface area contributed by atoms with Gasteiger partial charge in [0.25, 0.3) is 0 Å². The number of nitrogens with one attached hydrogen (secondary N) is 2. The second-order valence-electron chi connectivity index (χ2n) is 6.51. The van der Waals surface area contributed by atoms with Gasteiger partial charge >= 0.3 is 0 Å². The molecule has 1 heterocycles. The van der Waals surface area contributed by atoms with Crippen molar-refractivity contribution in [1.82, 2.24) is 19.5 Å². The van der Waals surface area contributed by atoms with Gasteiger partial charge < -0.3 is 5.32 Å². The largest absolute Gasteiger partial charge is 0.325 e. The van der Waals surface area contributed by atoms with E-state index >= 15 is 0 Å². The van der Waals surface area contributed by atoms with E-state index in [0.717, 1.165) is 29.3 Å². The highest BCUT2D eigenvalue weighted by molar-refractivity contribution is 7.99. The minimum atomic E-state index is -3.42. The molecule has 0 radical (unpaired) electrons. The standard InChI is InChI=1S/C19H20FN5O3S2/c1-13-6-8-16(9-7-13)25-17(11-21-30(2,27)28)23-24-19(25)29-12-18(26)22-15-5-3-4-14(20)10-15/h3-10,21H,11-12H2,1-2H3,(H,22,26). The Bertz CT molecular complexity index is 1150. The summed E-state index contributed by atoms with van der Waals surface area (Å²) in [5, 5.41) is 11.2. The number of hydrogen-bond donors (Lipinski definition) is 2. The average Bonchev–Trinajstić information content (AvgIpc) is 3.08. The van der Waals surface area contributed by atoms with E-state index in [9.17, 15) is 17.6 Å². The van der Waals surface area contributed by atoms with Crippen LogP contribution in [0.1, 0.15) is 11.4 Å². The molecule has 11 heteroatoms. The zero-order valence-electron chi connectivity index (χ0n) is 16.3. The summed E-state index contributed by atoms with van der Waals surface area (Å²) >= 11 is 1.14. The minimum absolute atomic E-state index is 0.0139.